The van der Waals surface area contributed by atoms with E-state index in [1.165, 1.54) is 3.07 Å². The van der Waals surface area contributed by atoms with Gasteiger partial charge in [0.25, 0.3) is 0 Å². The Morgan fingerprint density at radius 2 is 1.94 bits per heavy atom. The number of nitrogens with one attached hydrogen (secondary N) is 2. The van der Waals surface area contributed by atoms with Crippen LogP contribution < -0.4 is 8.81 Å². The first-order chi connectivity index (χ1) is 8.66. The van der Waals surface area contributed by atoms with Gasteiger partial charge < -0.3 is 10.7 Å². The number of imidazole rings is 1. The van der Waals surface area contributed by atoms with Crippen molar-refractivity contribution < 1.29 is 26.1 Å². The van der Waals surface area contributed by atoms with Crippen molar-refractivity contribution in [2.45, 2.75) is 0 Å². The van der Waals surface area contributed by atoms with E-state index in [4.69, 9.17) is 5.73 Å². The van der Waals surface area contributed by atoms with Gasteiger partial charge in [-0.15, -0.1) is 0 Å². The van der Waals surface area contributed by atoms with Gasteiger partial charge in [-0.1, -0.05) is 0 Å². The fraction of sp³-hybridized carbons (Fsp3) is 0. The first-order valence-corrected chi connectivity index (χ1v) is 8.44. The van der Waals surface area contributed by atoms with E-state index in [0.29, 0.717) is 21.8 Å². The van der Waals surface area contributed by atoms with Crippen LogP contribution in [0.4, 0.5) is 5.95 Å². The number of benzene rings is 1. The molecular formula is C11H11HgN5S+. The van der Waals surface area contributed by atoms with Crippen molar-refractivity contribution in [3.63, 3.8) is 0 Å². The number of hydrogen-bond acceptors (Lipinski definition) is 3. The predicted molar refractivity (Wildman–Crippen MR) is 70.7 cm³/mol. The topological polar surface area (TPSA) is 83.4 Å². The van der Waals surface area contributed by atoms with Crippen LogP contribution in [-0.4, -0.2) is 19.9 Å². The number of aromatic nitrogens is 4. The summed E-state index contributed by atoms with van der Waals surface area (Å²) in [4.78, 5) is 13.5. The molecule has 3 rings (SSSR count). The number of hydrogen-bond donors (Lipinski definition) is 3. The van der Waals surface area contributed by atoms with E-state index >= 15 is 0 Å². The van der Waals surface area contributed by atoms with Gasteiger partial charge in [0.1, 0.15) is 0 Å². The van der Waals surface area contributed by atoms with Gasteiger partial charge in [0.2, 0.25) is 5.95 Å². The van der Waals surface area contributed by atoms with Crippen molar-refractivity contribution in [2.24, 2.45) is 0 Å². The van der Waals surface area contributed by atoms with Gasteiger partial charge in [0.15, 0.2) is 23.4 Å². The second-order valence-corrected chi connectivity index (χ2v) is 7.18. The Morgan fingerprint density at radius 3 is 2.56 bits per heavy atom. The van der Waals surface area contributed by atoms with E-state index in [-0.39, 0.29) is 0 Å². The van der Waals surface area contributed by atoms with Crippen LogP contribution in [0, 0.1) is 4.64 Å². The van der Waals surface area contributed by atoms with Crippen LogP contribution in [0.25, 0.3) is 11.2 Å². The standard InChI is InChI=1S/C6H5.C5H5N5S.Hg/c1-2-4-6-5-3-1;6-5-9-3-2(4(11)10-5)7-1-8-3;/h1-5H;1H,(H4,6,7,8,9,10,11);/p+1. The number of nitrogen functional groups attached to an aromatic ring is 1. The molecule has 18 heavy (non-hydrogen) atoms. The minimum atomic E-state index is 0.326. The molecule has 4 N–H and O–H groups in total. The second-order valence-electron chi connectivity index (χ2n) is 3.56. The average Bonchev–Trinajstić information content (AvgIpc) is 2.79. The number of thiol groups is 1. The van der Waals surface area contributed by atoms with E-state index in [2.05, 4.69) is 62.5 Å². The molecule has 0 atom stereocenters. The first-order valence-electron chi connectivity index (χ1n) is 5.24. The summed E-state index contributed by atoms with van der Waals surface area (Å²) in [5, 5.41) is 0. The number of nitrogens with zero attached hydrogens (tertiary/aromatic N) is 2. The molecule has 7 heteroatoms. The summed E-state index contributed by atoms with van der Waals surface area (Å²) < 4.78 is 2.14. The molecule has 0 amide bonds. The summed E-state index contributed by atoms with van der Waals surface area (Å²) in [6.07, 6.45) is 1.55. The van der Waals surface area contributed by atoms with Crippen molar-refractivity contribution >= 4 is 32.4 Å². The van der Waals surface area contributed by atoms with Crippen molar-refractivity contribution in [2.75, 3.05) is 5.73 Å². The summed E-state index contributed by atoms with van der Waals surface area (Å²) in [5.74, 6) is 0.326. The van der Waals surface area contributed by atoms with Gasteiger partial charge in [-0.3, -0.25) is 4.98 Å². The van der Waals surface area contributed by atoms with E-state index in [0.717, 1.165) is 26.1 Å². The SMILES string of the molecule is Nc1nc2[nH]cnc2c(=[SH+])[nH]1.[Hg][c]1ccccc1. The molecule has 2 heterocycles. The molecule has 2 aromatic heterocycles. The van der Waals surface area contributed by atoms with Crippen molar-refractivity contribution in [1.82, 2.24) is 19.9 Å². The van der Waals surface area contributed by atoms with Gasteiger partial charge in [0.05, 0.1) is 6.33 Å². The molecule has 0 radical (unpaired) electrons. The van der Waals surface area contributed by atoms with Gasteiger partial charge in [-0.2, -0.15) is 4.98 Å². The molecule has 0 aliphatic heterocycles. The number of aromatic amines is 2. The molecule has 0 bridgehead atoms. The number of rotatable bonds is 0. The zero-order chi connectivity index (χ0) is 13.0. The molecule has 0 saturated carbocycles. The fourth-order valence-corrected chi connectivity index (χ4v) is 2.69. The van der Waals surface area contributed by atoms with E-state index in [9.17, 15) is 0 Å². The summed E-state index contributed by atoms with van der Waals surface area (Å²) in [5.41, 5.74) is 6.76. The van der Waals surface area contributed by atoms with Crippen LogP contribution in [0.1, 0.15) is 0 Å². The van der Waals surface area contributed by atoms with Crippen LogP contribution in [0.15, 0.2) is 36.7 Å². The van der Waals surface area contributed by atoms with Crippen LogP contribution in [0.5, 0.6) is 0 Å². The van der Waals surface area contributed by atoms with Crippen molar-refractivity contribution in [3.8, 4) is 0 Å². The third kappa shape index (κ3) is 3.36. The molecule has 3 aromatic rings. The van der Waals surface area contributed by atoms with Crippen molar-refractivity contribution in [1.29, 1.82) is 0 Å². The molecule has 0 spiro atoms. The molecular weight excluding hydrogens is 435 g/mol. The summed E-state index contributed by atoms with van der Waals surface area (Å²) in [6.45, 7) is 0. The summed E-state index contributed by atoms with van der Waals surface area (Å²) >= 11 is 4.94. The minimum absolute atomic E-state index is 0.326. The molecule has 87 valence electrons. The zero-order valence-electron chi connectivity index (χ0n) is 9.59. The zero-order valence-corrected chi connectivity index (χ0v) is 16.0. The Hall–Kier alpha value is -1.27. The van der Waals surface area contributed by atoms with Crippen LogP contribution in [-0.2, 0) is 38.3 Å². The average molecular weight is 446 g/mol. The number of anilines is 1. The Morgan fingerprint density at radius 1 is 1.22 bits per heavy atom. The molecule has 5 nitrogen and oxygen atoms in total. The normalized spacial score (nSPS) is 9.89. The van der Waals surface area contributed by atoms with Crippen molar-refractivity contribution in [3.05, 3.63) is 41.3 Å². The van der Waals surface area contributed by atoms with Crippen LogP contribution >= 0.6 is 0 Å². The predicted octanol–water partition coefficient (Wildman–Crippen LogP) is 0.538. The summed E-state index contributed by atoms with van der Waals surface area (Å²) in [6, 6.07) is 10.6. The Balaban J connectivity index is 0.000000149. The Labute approximate surface area is 125 Å². The number of fused-ring (bicyclic) bond motifs is 1. The monoisotopic (exact) mass is 447 g/mol. The maximum atomic E-state index is 5.42. The summed E-state index contributed by atoms with van der Waals surface area (Å²) in [7, 11) is 0. The van der Waals surface area contributed by atoms with E-state index < -0.39 is 0 Å². The van der Waals surface area contributed by atoms with Gasteiger partial charge in [0, 0.05) is 0 Å². The van der Waals surface area contributed by atoms with Gasteiger partial charge in [-0.25, -0.2) is 4.98 Å². The third-order valence-corrected chi connectivity index (χ3v) is 4.32. The Kier molecular flexibility index (Phi) is 4.43. The third-order valence-electron chi connectivity index (χ3n) is 2.17. The van der Waals surface area contributed by atoms with E-state index in [1.807, 2.05) is 0 Å². The molecule has 1 aromatic carbocycles. The Bertz CT molecular complexity index is 691. The molecule has 0 fully saturated rings. The quantitative estimate of drug-likeness (QED) is 0.204. The fourth-order valence-electron chi connectivity index (χ4n) is 1.35. The van der Waals surface area contributed by atoms with Crippen LogP contribution in [0.2, 0.25) is 0 Å². The van der Waals surface area contributed by atoms with Crippen LogP contribution in [0.3, 0.4) is 0 Å². The molecule has 0 saturated heterocycles. The van der Waals surface area contributed by atoms with E-state index in [1.54, 1.807) is 6.33 Å². The van der Waals surface area contributed by atoms with Gasteiger partial charge in [-0.05, 0) is 0 Å². The first kappa shape index (κ1) is 13.2. The molecule has 0 unspecified atom stereocenters. The maximum absolute atomic E-state index is 5.42. The van der Waals surface area contributed by atoms with Gasteiger partial charge >= 0.3 is 64.2 Å². The second kappa shape index (κ2) is 6.06. The number of H-pyrrole nitrogens is 2. The number of nitrogens with two attached hydrogens (primary N) is 1. The molecule has 0 aliphatic carbocycles. The molecule has 0 aliphatic rings.